The van der Waals surface area contributed by atoms with E-state index in [1.807, 2.05) is 7.11 Å². The minimum Gasteiger partial charge on any atom is -0.381 e. The molecule has 1 rings (SSSR count). The summed E-state index contributed by atoms with van der Waals surface area (Å²) in [6.45, 7) is 10.00. The molecule has 0 spiro atoms. The predicted molar refractivity (Wildman–Crippen MR) is 73.1 cm³/mol. The molecule has 2 unspecified atom stereocenters. The predicted octanol–water partition coefficient (Wildman–Crippen LogP) is 2.11. The van der Waals surface area contributed by atoms with Crippen molar-refractivity contribution >= 4 is 0 Å². The second-order valence-corrected chi connectivity index (χ2v) is 5.88. The lowest BCUT2D eigenvalue weighted by atomic mass is 9.90. The quantitative estimate of drug-likeness (QED) is 0.775. The summed E-state index contributed by atoms with van der Waals surface area (Å²) in [6.07, 6.45) is 4.04. The van der Waals surface area contributed by atoms with Crippen molar-refractivity contribution in [2.45, 2.75) is 52.2 Å². The van der Waals surface area contributed by atoms with E-state index in [9.17, 15) is 0 Å². The van der Waals surface area contributed by atoms with Crippen LogP contribution >= 0.6 is 0 Å². The molecule has 1 aliphatic rings. The summed E-state index contributed by atoms with van der Waals surface area (Å²) in [5.74, 6) is 1.45. The van der Waals surface area contributed by atoms with Gasteiger partial charge in [0.2, 0.25) is 0 Å². The molecule has 17 heavy (non-hydrogen) atoms. The molecule has 0 aliphatic carbocycles. The molecule has 1 heterocycles. The molecule has 0 saturated carbocycles. The Bertz CT molecular complexity index is 200. The number of nitrogens with zero attached hydrogens (tertiary/aromatic N) is 1. The van der Waals surface area contributed by atoms with Gasteiger partial charge >= 0.3 is 0 Å². The van der Waals surface area contributed by atoms with Crippen LogP contribution in [0.5, 0.6) is 0 Å². The van der Waals surface area contributed by atoms with Crippen molar-refractivity contribution in [3.63, 3.8) is 0 Å². The minimum atomic E-state index is 0.463. The van der Waals surface area contributed by atoms with Gasteiger partial charge in [0.1, 0.15) is 0 Å². The molecule has 2 N–H and O–H groups in total. The standard InChI is InChI=1S/C14H30N2O/c1-11(2)9-12(3)14(10-15)16-7-5-13(17-4)6-8-16/h11-14H,5-10,15H2,1-4H3. The van der Waals surface area contributed by atoms with Crippen molar-refractivity contribution in [1.29, 1.82) is 0 Å². The number of hydrogen-bond acceptors (Lipinski definition) is 3. The maximum absolute atomic E-state index is 5.97. The van der Waals surface area contributed by atoms with Crippen molar-refractivity contribution in [2.24, 2.45) is 17.6 Å². The van der Waals surface area contributed by atoms with Crippen LogP contribution in [0.3, 0.4) is 0 Å². The molecule has 0 aromatic heterocycles. The van der Waals surface area contributed by atoms with Crippen LogP contribution in [0.15, 0.2) is 0 Å². The van der Waals surface area contributed by atoms with Gasteiger partial charge in [0.15, 0.2) is 0 Å². The molecule has 0 aromatic carbocycles. The third-order valence-corrected chi connectivity index (χ3v) is 4.02. The zero-order valence-corrected chi connectivity index (χ0v) is 12.0. The maximum atomic E-state index is 5.97. The van der Waals surface area contributed by atoms with E-state index in [4.69, 9.17) is 10.5 Å². The molecular weight excluding hydrogens is 212 g/mol. The van der Waals surface area contributed by atoms with Crippen LogP contribution in [0.1, 0.15) is 40.0 Å². The number of methoxy groups -OCH3 is 1. The van der Waals surface area contributed by atoms with Crippen molar-refractivity contribution < 1.29 is 4.74 Å². The summed E-state index contributed by atoms with van der Waals surface area (Å²) in [6, 6.07) is 0.551. The van der Waals surface area contributed by atoms with Gasteiger partial charge < -0.3 is 10.5 Å². The molecule has 3 heteroatoms. The Hall–Kier alpha value is -0.120. The fourth-order valence-corrected chi connectivity index (χ4v) is 3.09. The third-order valence-electron chi connectivity index (χ3n) is 4.02. The van der Waals surface area contributed by atoms with Crippen LogP contribution in [-0.4, -0.2) is 43.8 Å². The van der Waals surface area contributed by atoms with Crippen LogP contribution in [0.2, 0.25) is 0 Å². The molecule has 0 amide bonds. The van der Waals surface area contributed by atoms with Gasteiger partial charge in [0.05, 0.1) is 6.10 Å². The van der Waals surface area contributed by atoms with Gasteiger partial charge in [-0.15, -0.1) is 0 Å². The molecule has 1 aliphatic heterocycles. The highest BCUT2D eigenvalue weighted by atomic mass is 16.5. The first-order chi connectivity index (χ1) is 8.08. The fraction of sp³-hybridized carbons (Fsp3) is 1.00. The molecule has 2 atom stereocenters. The lowest BCUT2D eigenvalue weighted by Crippen LogP contribution is -2.49. The first-order valence-electron chi connectivity index (χ1n) is 7.05. The largest absolute Gasteiger partial charge is 0.381 e. The van der Waals surface area contributed by atoms with Crippen molar-refractivity contribution in [2.75, 3.05) is 26.7 Å². The van der Waals surface area contributed by atoms with E-state index in [-0.39, 0.29) is 0 Å². The summed E-state index contributed by atoms with van der Waals surface area (Å²) >= 11 is 0. The first-order valence-corrected chi connectivity index (χ1v) is 7.05. The number of nitrogens with two attached hydrogens (primary N) is 1. The molecule has 0 radical (unpaired) electrons. The van der Waals surface area contributed by atoms with Gasteiger partial charge in [-0.3, -0.25) is 4.90 Å². The molecule has 1 saturated heterocycles. The minimum absolute atomic E-state index is 0.463. The van der Waals surface area contributed by atoms with Gasteiger partial charge in [-0.05, 0) is 31.1 Å². The van der Waals surface area contributed by atoms with E-state index in [1.54, 1.807) is 0 Å². The fourth-order valence-electron chi connectivity index (χ4n) is 3.09. The number of hydrogen-bond donors (Lipinski definition) is 1. The zero-order valence-electron chi connectivity index (χ0n) is 12.0. The Morgan fingerprint density at radius 3 is 2.24 bits per heavy atom. The SMILES string of the molecule is COC1CCN(C(CN)C(C)CC(C)C)CC1. The smallest absolute Gasteiger partial charge is 0.0595 e. The molecule has 0 bridgehead atoms. The Balaban J connectivity index is 2.45. The Morgan fingerprint density at radius 2 is 1.82 bits per heavy atom. The van der Waals surface area contributed by atoms with E-state index in [2.05, 4.69) is 25.7 Å². The number of ether oxygens (including phenoxy) is 1. The van der Waals surface area contributed by atoms with E-state index in [0.717, 1.165) is 38.4 Å². The molecule has 0 aromatic rings. The molecule has 1 fully saturated rings. The van der Waals surface area contributed by atoms with E-state index >= 15 is 0 Å². The van der Waals surface area contributed by atoms with Crippen molar-refractivity contribution in [1.82, 2.24) is 4.90 Å². The van der Waals surface area contributed by atoms with Crippen molar-refractivity contribution in [3.8, 4) is 0 Å². The van der Waals surface area contributed by atoms with Crippen molar-refractivity contribution in [3.05, 3.63) is 0 Å². The number of rotatable bonds is 6. The van der Waals surface area contributed by atoms with Crippen LogP contribution < -0.4 is 5.73 Å². The lowest BCUT2D eigenvalue weighted by Gasteiger charge is -2.39. The molecule has 3 nitrogen and oxygen atoms in total. The summed E-state index contributed by atoms with van der Waals surface area (Å²) < 4.78 is 5.42. The Morgan fingerprint density at radius 1 is 1.24 bits per heavy atom. The van der Waals surface area contributed by atoms with Crippen LogP contribution in [0.25, 0.3) is 0 Å². The third kappa shape index (κ3) is 4.57. The topological polar surface area (TPSA) is 38.5 Å². The van der Waals surface area contributed by atoms with E-state index < -0.39 is 0 Å². The maximum Gasteiger partial charge on any atom is 0.0595 e. The first kappa shape index (κ1) is 14.9. The van der Waals surface area contributed by atoms with Gasteiger partial charge in [-0.25, -0.2) is 0 Å². The second kappa shape index (κ2) is 7.34. The Kier molecular flexibility index (Phi) is 6.45. The Labute approximate surface area is 107 Å². The molecule has 102 valence electrons. The van der Waals surface area contributed by atoms with E-state index in [1.165, 1.54) is 6.42 Å². The lowest BCUT2D eigenvalue weighted by molar-refractivity contribution is 0.0178. The van der Waals surface area contributed by atoms with Gasteiger partial charge in [0.25, 0.3) is 0 Å². The highest BCUT2D eigenvalue weighted by Crippen LogP contribution is 2.23. The summed E-state index contributed by atoms with van der Waals surface area (Å²) in [4.78, 5) is 2.57. The highest BCUT2D eigenvalue weighted by Gasteiger charge is 2.27. The average Bonchev–Trinajstić information content (AvgIpc) is 2.30. The number of piperidine rings is 1. The monoisotopic (exact) mass is 242 g/mol. The van der Waals surface area contributed by atoms with Crippen LogP contribution in [0, 0.1) is 11.8 Å². The van der Waals surface area contributed by atoms with Crippen LogP contribution in [-0.2, 0) is 4.74 Å². The van der Waals surface area contributed by atoms with E-state index in [0.29, 0.717) is 18.1 Å². The van der Waals surface area contributed by atoms with Gasteiger partial charge in [0, 0.05) is 32.8 Å². The van der Waals surface area contributed by atoms with Gasteiger partial charge in [-0.1, -0.05) is 20.8 Å². The van der Waals surface area contributed by atoms with Gasteiger partial charge in [-0.2, -0.15) is 0 Å². The summed E-state index contributed by atoms with van der Waals surface area (Å²) in [7, 11) is 1.82. The summed E-state index contributed by atoms with van der Waals surface area (Å²) in [5, 5.41) is 0. The number of likely N-dealkylation sites (tertiary alicyclic amines) is 1. The zero-order chi connectivity index (χ0) is 12.8. The van der Waals surface area contributed by atoms with Crippen LogP contribution in [0.4, 0.5) is 0 Å². The second-order valence-electron chi connectivity index (χ2n) is 5.88. The molecular formula is C14H30N2O. The average molecular weight is 242 g/mol. The summed E-state index contributed by atoms with van der Waals surface area (Å²) in [5.41, 5.74) is 5.97. The highest BCUT2D eigenvalue weighted by molar-refractivity contribution is 4.83. The normalized spacial score (nSPS) is 22.9.